The average molecular weight is 1080 g/mol. The number of aromatic nitrogens is 4. The van der Waals surface area contributed by atoms with Crippen molar-refractivity contribution in [3.63, 3.8) is 0 Å². The second kappa shape index (κ2) is 17.8. The van der Waals surface area contributed by atoms with Crippen LogP contribution in [0.3, 0.4) is 0 Å². The number of nitrogens with zero attached hydrogens (tertiary/aromatic N) is 4. The number of rotatable bonds is 9. The minimum Gasteiger partial charge on any atom is -0.510 e. The van der Waals surface area contributed by atoms with Crippen LogP contribution in [-0.4, -0.2) is 14.1 Å². The van der Waals surface area contributed by atoms with Crippen LogP contribution in [0.15, 0.2) is 152 Å². The van der Waals surface area contributed by atoms with Crippen molar-refractivity contribution in [1.29, 1.82) is 0 Å². The molecule has 3 aromatic heterocycles. The third kappa shape index (κ3) is 9.27. The van der Waals surface area contributed by atoms with Crippen LogP contribution in [0, 0.1) is 18.5 Å². The van der Waals surface area contributed by atoms with Crippen LogP contribution >= 0.6 is 0 Å². The maximum absolute atomic E-state index is 7.00. The molecule has 0 N–H and O–H groups in total. The molecular weight excluding hydrogens is 1010 g/mol. The zero-order valence-electron chi connectivity index (χ0n) is 41.9. The molecular formula is C62H64N4OPt-2. The molecule has 0 amide bonds. The second-order valence-electron chi connectivity index (χ2n) is 22.4. The number of fused-ring (bicyclic) bond motifs is 3. The second-order valence-corrected chi connectivity index (χ2v) is 22.4. The van der Waals surface area contributed by atoms with Crippen LogP contribution in [0.25, 0.3) is 39.0 Å². The van der Waals surface area contributed by atoms with Gasteiger partial charge in [0.2, 0.25) is 0 Å². The largest absolute Gasteiger partial charge is 0.510 e. The number of hydrogen-bond donors (Lipinski definition) is 0. The summed E-state index contributed by atoms with van der Waals surface area (Å²) in [6.45, 7) is 29.4. The topological polar surface area (TPSA) is 35.9 Å². The molecule has 350 valence electrons. The zero-order chi connectivity index (χ0) is 47.7. The molecule has 0 spiro atoms. The average Bonchev–Trinajstić information content (AvgIpc) is 3.89. The molecule has 0 fully saturated rings. The Morgan fingerprint density at radius 2 is 1.10 bits per heavy atom. The Bertz CT molecular complexity index is 3260. The maximum Gasteiger partial charge on any atom is 0.267 e. The van der Waals surface area contributed by atoms with Crippen LogP contribution in [-0.2, 0) is 48.1 Å². The summed E-state index contributed by atoms with van der Waals surface area (Å²) in [5.74, 6) is 2.03. The van der Waals surface area contributed by atoms with Crippen molar-refractivity contribution in [2.45, 2.75) is 117 Å². The number of benzene rings is 6. The summed E-state index contributed by atoms with van der Waals surface area (Å²) in [6.07, 6.45) is 7.94. The summed E-state index contributed by atoms with van der Waals surface area (Å²) in [7, 11) is 0. The monoisotopic (exact) mass is 1080 g/mol. The van der Waals surface area contributed by atoms with Gasteiger partial charge in [0, 0.05) is 55.9 Å². The number of pyridine rings is 1. The predicted octanol–water partition coefficient (Wildman–Crippen LogP) is 15.0. The predicted molar refractivity (Wildman–Crippen MR) is 276 cm³/mol. The summed E-state index contributed by atoms with van der Waals surface area (Å²) in [4.78, 5) is 4.96. The Morgan fingerprint density at radius 1 is 0.500 bits per heavy atom. The first-order chi connectivity index (χ1) is 31.6. The van der Waals surface area contributed by atoms with E-state index in [1.165, 1.54) is 27.8 Å². The molecule has 0 atom stereocenters. The Hall–Kier alpha value is -6.03. The summed E-state index contributed by atoms with van der Waals surface area (Å²) in [5, 5.41) is 2.25. The van der Waals surface area contributed by atoms with E-state index in [9.17, 15) is 0 Å². The van der Waals surface area contributed by atoms with Crippen LogP contribution in [0.1, 0.15) is 129 Å². The molecule has 0 bridgehead atoms. The van der Waals surface area contributed by atoms with E-state index in [0.717, 1.165) is 50.3 Å². The summed E-state index contributed by atoms with van der Waals surface area (Å²) >= 11 is 0. The Kier molecular flexibility index (Phi) is 12.7. The van der Waals surface area contributed by atoms with Gasteiger partial charge in [0.15, 0.2) is 0 Å². The SMILES string of the molecule is CC(C)(C)c1cccc(-[n+]2[c-]n(-c3[c-]c(Oc4[c-]c5c(cc4)c4cc(C(C)(C)C)ccc4n5-c4cc(C(C)(C)C)ccn4)cc(C(C)(C)c4ccccc4)c3)cc2C(C)(C)c2ccccc2)c1.[Pt]. The van der Waals surface area contributed by atoms with E-state index in [0.29, 0.717) is 11.5 Å². The van der Waals surface area contributed by atoms with Crippen LogP contribution in [0.2, 0.25) is 0 Å². The van der Waals surface area contributed by atoms with E-state index in [1.54, 1.807) is 0 Å². The molecule has 9 rings (SSSR count). The minimum atomic E-state index is -0.381. The number of imidazole rings is 1. The van der Waals surface area contributed by atoms with Crippen LogP contribution in [0.4, 0.5) is 0 Å². The van der Waals surface area contributed by atoms with Gasteiger partial charge in [-0.2, -0.15) is 12.1 Å². The van der Waals surface area contributed by atoms with Crippen molar-refractivity contribution in [2.75, 3.05) is 0 Å². The first-order valence-electron chi connectivity index (χ1n) is 23.6. The van der Waals surface area contributed by atoms with E-state index in [-0.39, 0.29) is 48.1 Å². The van der Waals surface area contributed by atoms with Crippen molar-refractivity contribution in [1.82, 2.24) is 14.1 Å². The fourth-order valence-electron chi connectivity index (χ4n) is 9.16. The smallest absolute Gasteiger partial charge is 0.267 e. The fraction of sp³-hybridized carbons (Fsp3) is 0.290. The van der Waals surface area contributed by atoms with Gasteiger partial charge in [-0.3, -0.25) is 4.57 Å². The van der Waals surface area contributed by atoms with Crippen molar-refractivity contribution in [2.24, 2.45) is 0 Å². The van der Waals surface area contributed by atoms with Gasteiger partial charge in [-0.25, -0.2) is 4.98 Å². The molecule has 9 aromatic rings. The number of ether oxygens (including phenoxy) is 1. The maximum atomic E-state index is 7.00. The molecule has 0 aliphatic rings. The quantitative estimate of drug-likeness (QED) is 0.107. The van der Waals surface area contributed by atoms with Crippen LogP contribution < -0.4 is 9.30 Å². The van der Waals surface area contributed by atoms with Crippen molar-refractivity contribution >= 4 is 21.8 Å². The van der Waals surface area contributed by atoms with E-state index in [1.807, 2.05) is 12.3 Å². The molecule has 0 aliphatic carbocycles. The minimum absolute atomic E-state index is 0. The molecule has 0 radical (unpaired) electrons. The van der Waals surface area contributed by atoms with Gasteiger partial charge in [0.1, 0.15) is 5.82 Å². The van der Waals surface area contributed by atoms with E-state index in [4.69, 9.17) is 9.72 Å². The molecule has 0 saturated heterocycles. The molecule has 0 unspecified atom stereocenters. The normalized spacial score (nSPS) is 12.7. The molecule has 6 heteroatoms. The van der Waals surface area contributed by atoms with Gasteiger partial charge < -0.3 is 13.9 Å². The third-order valence-electron chi connectivity index (χ3n) is 13.7. The summed E-state index contributed by atoms with van der Waals surface area (Å²) in [5.41, 5.74) is 11.4. The first kappa shape index (κ1) is 48.4. The molecule has 5 nitrogen and oxygen atoms in total. The van der Waals surface area contributed by atoms with Gasteiger partial charge in [0.25, 0.3) is 6.33 Å². The van der Waals surface area contributed by atoms with Crippen LogP contribution in [0.5, 0.6) is 11.5 Å². The van der Waals surface area contributed by atoms with Gasteiger partial charge in [-0.15, -0.1) is 35.2 Å². The standard InChI is InChI=1S/C62H64N4O.Pt/c1-58(2,3)44-25-20-26-48(33-44)65-41-64(40-56(65)62(12,13)43-23-18-15-19-24-43)49-34-47(61(10,11)42-21-16-14-17-22-42)35-51(38-49)67-50-28-29-52-53-36-45(59(4,5)6)27-30-54(53)66(55(52)39-50)57-37-46(31-32-63-57)60(7,8)9;/h14-37,40H,1-13H3;/q-2;. The molecule has 6 aromatic carbocycles. The zero-order valence-corrected chi connectivity index (χ0v) is 44.2. The van der Waals surface area contributed by atoms with E-state index >= 15 is 0 Å². The molecule has 0 saturated carbocycles. The molecule has 0 aliphatic heterocycles. The van der Waals surface area contributed by atoms with Crippen molar-refractivity contribution < 1.29 is 30.4 Å². The summed E-state index contributed by atoms with van der Waals surface area (Å²) < 4.78 is 13.5. The summed E-state index contributed by atoms with van der Waals surface area (Å²) in [6, 6.07) is 57.4. The Labute approximate surface area is 419 Å². The third-order valence-corrected chi connectivity index (χ3v) is 13.7. The number of hydrogen-bond acceptors (Lipinski definition) is 2. The molecule has 68 heavy (non-hydrogen) atoms. The van der Waals surface area contributed by atoms with Crippen molar-refractivity contribution in [3.05, 3.63) is 209 Å². The van der Waals surface area contributed by atoms with E-state index in [2.05, 4.69) is 262 Å². The van der Waals surface area contributed by atoms with Gasteiger partial charge in [-0.05, 0) is 90.9 Å². The van der Waals surface area contributed by atoms with Gasteiger partial charge >= 0.3 is 0 Å². The Balaban J connectivity index is 0.00000625. The van der Waals surface area contributed by atoms with Gasteiger partial charge in [-0.1, -0.05) is 180 Å². The molecule has 3 heterocycles. The van der Waals surface area contributed by atoms with E-state index < -0.39 is 0 Å². The van der Waals surface area contributed by atoms with Gasteiger partial charge in [0.05, 0.1) is 11.4 Å². The first-order valence-corrected chi connectivity index (χ1v) is 23.6. The fourth-order valence-corrected chi connectivity index (χ4v) is 9.16. The van der Waals surface area contributed by atoms with Crippen molar-refractivity contribution in [3.8, 4) is 28.7 Å². The Morgan fingerprint density at radius 3 is 1.75 bits per heavy atom.